The van der Waals surface area contributed by atoms with Crippen molar-refractivity contribution in [3.63, 3.8) is 0 Å². The zero-order valence-corrected chi connectivity index (χ0v) is 12.7. The molecule has 2 aliphatic carbocycles. The molecule has 0 bridgehead atoms. The third kappa shape index (κ3) is 2.63. The molecule has 1 N–H and O–H groups in total. The van der Waals surface area contributed by atoms with E-state index in [1.807, 2.05) is 0 Å². The van der Waals surface area contributed by atoms with Gasteiger partial charge in [0.15, 0.2) is 0 Å². The molecule has 98 valence electrons. The van der Waals surface area contributed by atoms with Crippen LogP contribution in [0, 0.1) is 3.57 Å². The number of nitrogens with one attached hydrogen (secondary N) is 1. The highest BCUT2D eigenvalue weighted by atomic mass is 127. The third-order valence-electron chi connectivity index (χ3n) is 4.11. The Hall–Kier alpha value is -0.390. The molecule has 0 unspecified atom stereocenters. The van der Waals surface area contributed by atoms with Crippen molar-refractivity contribution in [1.82, 2.24) is 9.97 Å². The van der Waals surface area contributed by atoms with Crippen LogP contribution in [-0.4, -0.2) is 9.97 Å². The second kappa shape index (κ2) is 5.31. The van der Waals surface area contributed by atoms with Gasteiger partial charge < -0.3 is 4.98 Å². The van der Waals surface area contributed by atoms with Gasteiger partial charge in [-0.2, -0.15) is 0 Å². The molecule has 1 aromatic rings. The van der Waals surface area contributed by atoms with Crippen LogP contribution in [0.15, 0.2) is 4.79 Å². The van der Waals surface area contributed by atoms with Crippen LogP contribution >= 0.6 is 22.6 Å². The zero-order chi connectivity index (χ0) is 12.5. The van der Waals surface area contributed by atoms with E-state index in [0.29, 0.717) is 11.8 Å². The number of H-pyrrole nitrogens is 1. The van der Waals surface area contributed by atoms with E-state index in [9.17, 15) is 4.79 Å². The monoisotopic (exact) mass is 358 g/mol. The fraction of sp³-hybridized carbons (Fsp3) is 0.714. The normalized spacial score (nSPS) is 21.8. The van der Waals surface area contributed by atoms with Gasteiger partial charge in [0.05, 0.1) is 9.26 Å². The zero-order valence-electron chi connectivity index (χ0n) is 10.5. The highest BCUT2D eigenvalue weighted by Crippen LogP contribution is 2.41. The molecule has 3 rings (SSSR count). The van der Waals surface area contributed by atoms with Gasteiger partial charge in [0.1, 0.15) is 5.82 Å². The topological polar surface area (TPSA) is 45.8 Å². The van der Waals surface area contributed by atoms with Gasteiger partial charge in [-0.15, -0.1) is 0 Å². The second-order valence-electron chi connectivity index (χ2n) is 5.61. The lowest BCUT2D eigenvalue weighted by atomic mass is 9.99. The van der Waals surface area contributed by atoms with E-state index in [1.54, 1.807) is 0 Å². The largest absolute Gasteiger partial charge is 0.309 e. The average Bonchev–Trinajstić information content (AvgIpc) is 3.17. The molecule has 0 aliphatic heterocycles. The summed E-state index contributed by atoms with van der Waals surface area (Å²) in [6.45, 7) is 0. The van der Waals surface area contributed by atoms with Crippen LogP contribution in [0.1, 0.15) is 74.7 Å². The van der Waals surface area contributed by atoms with E-state index in [2.05, 4.69) is 27.6 Å². The number of aromatic amines is 1. The van der Waals surface area contributed by atoms with Crippen molar-refractivity contribution >= 4 is 22.6 Å². The molecular weight excluding hydrogens is 339 g/mol. The number of hydrogen-bond acceptors (Lipinski definition) is 2. The van der Waals surface area contributed by atoms with E-state index in [-0.39, 0.29) is 5.56 Å². The standard InChI is InChI=1S/C14H19IN2O/c15-11-12(9-7-8-9)16-13(17-14(11)18)10-5-3-1-2-4-6-10/h9-10H,1-8H2,(H,16,17,18). The summed E-state index contributed by atoms with van der Waals surface area (Å²) in [6.07, 6.45) is 10.0. The molecule has 1 heterocycles. The van der Waals surface area contributed by atoms with Crippen molar-refractivity contribution in [2.24, 2.45) is 0 Å². The van der Waals surface area contributed by atoms with Gasteiger partial charge in [-0.25, -0.2) is 4.98 Å². The first-order chi connectivity index (χ1) is 8.75. The van der Waals surface area contributed by atoms with Crippen LogP contribution in [-0.2, 0) is 0 Å². The predicted molar refractivity (Wildman–Crippen MR) is 80.0 cm³/mol. The fourth-order valence-corrected chi connectivity index (χ4v) is 3.56. The van der Waals surface area contributed by atoms with Crippen LogP contribution in [0.2, 0.25) is 0 Å². The molecule has 4 heteroatoms. The molecule has 1 aromatic heterocycles. The van der Waals surface area contributed by atoms with Crippen molar-refractivity contribution < 1.29 is 0 Å². The van der Waals surface area contributed by atoms with Crippen molar-refractivity contribution in [2.45, 2.75) is 63.2 Å². The molecule has 0 aromatic carbocycles. The van der Waals surface area contributed by atoms with Crippen molar-refractivity contribution in [1.29, 1.82) is 0 Å². The number of halogens is 1. The minimum atomic E-state index is 0.0757. The first-order valence-electron chi connectivity index (χ1n) is 7.05. The first-order valence-corrected chi connectivity index (χ1v) is 8.13. The molecule has 2 aliphatic rings. The maximum Gasteiger partial charge on any atom is 0.264 e. The molecule has 2 saturated carbocycles. The Labute approximate surface area is 121 Å². The molecule has 0 amide bonds. The quantitative estimate of drug-likeness (QED) is 0.648. The summed E-state index contributed by atoms with van der Waals surface area (Å²) >= 11 is 2.15. The summed E-state index contributed by atoms with van der Waals surface area (Å²) in [5, 5.41) is 0. The minimum absolute atomic E-state index is 0.0757. The lowest BCUT2D eigenvalue weighted by Gasteiger charge is -2.14. The first kappa shape index (κ1) is 12.6. The molecule has 0 radical (unpaired) electrons. The SMILES string of the molecule is O=c1[nH]c(C2CCCCCC2)nc(C2CC2)c1I. The Kier molecular flexibility index (Phi) is 3.73. The van der Waals surface area contributed by atoms with Gasteiger partial charge in [-0.3, -0.25) is 4.79 Å². The maximum atomic E-state index is 12.0. The van der Waals surface area contributed by atoms with Crippen LogP contribution in [0.3, 0.4) is 0 Å². The highest BCUT2D eigenvalue weighted by molar-refractivity contribution is 14.1. The Morgan fingerprint density at radius 2 is 1.67 bits per heavy atom. The van der Waals surface area contributed by atoms with Crippen molar-refractivity contribution in [3.8, 4) is 0 Å². The number of hydrogen-bond donors (Lipinski definition) is 1. The summed E-state index contributed by atoms with van der Waals surface area (Å²) in [6, 6.07) is 0. The fourth-order valence-electron chi connectivity index (χ4n) is 2.87. The van der Waals surface area contributed by atoms with E-state index < -0.39 is 0 Å². The number of rotatable bonds is 2. The summed E-state index contributed by atoms with van der Waals surface area (Å²) in [5.74, 6) is 2.00. The van der Waals surface area contributed by atoms with E-state index >= 15 is 0 Å². The second-order valence-corrected chi connectivity index (χ2v) is 6.69. The van der Waals surface area contributed by atoms with Gasteiger partial charge in [0, 0.05) is 11.8 Å². The molecule has 2 fully saturated rings. The predicted octanol–water partition coefficient (Wildman–Crippen LogP) is 3.69. The molecule has 0 saturated heterocycles. The Morgan fingerprint density at radius 3 is 2.28 bits per heavy atom. The minimum Gasteiger partial charge on any atom is -0.309 e. The third-order valence-corrected chi connectivity index (χ3v) is 5.16. The number of nitrogens with zero attached hydrogens (tertiary/aromatic N) is 1. The maximum absolute atomic E-state index is 12.0. The molecule has 0 spiro atoms. The lowest BCUT2D eigenvalue weighted by molar-refractivity contribution is 0.554. The lowest BCUT2D eigenvalue weighted by Crippen LogP contribution is -2.19. The van der Waals surface area contributed by atoms with Crippen molar-refractivity contribution in [3.05, 3.63) is 25.4 Å². The van der Waals surface area contributed by atoms with Gasteiger partial charge in [-0.1, -0.05) is 25.7 Å². The molecular formula is C14H19IN2O. The van der Waals surface area contributed by atoms with Gasteiger partial charge in [0.2, 0.25) is 0 Å². The molecule has 3 nitrogen and oxygen atoms in total. The van der Waals surface area contributed by atoms with Crippen LogP contribution in [0.5, 0.6) is 0 Å². The van der Waals surface area contributed by atoms with Crippen LogP contribution in [0.25, 0.3) is 0 Å². The number of aromatic nitrogens is 2. The van der Waals surface area contributed by atoms with E-state index in [4.69, 9.17) is 4.98 Å². The Bertz CT molecular complexity index is 485. The highest BCUT2D eigenvalue weighted by Gasteiger charge is 2.29. The summed E-state index contributed by atoms with van der Waals surface area (Å²) in [5.41, 5.74) is 1.14. The van der Waals surface area contributed by atoms with E-state index in [0.717, 1.165) is 15.1 Å². The molecule has 18 heavy (non-hydrogen) atoms. The summed E-state index contributed by atoms with van der Waals surface area (Å²) in [4.78, 5) is 19.8. The van der Waals surface area contributed by atoms with Crippen LogP contribution in [0.4, 0.5) is 0 Å². The summed E-state index contributed by atoms with van der Waals surface area (Å²) in [7, 11) is 0. The van der Waals surface area contributed by atoms with E-state index in [1.165, 1.54) is 51.4 Å². The van der Waals surface area contributed by atoms with Gasteiger partial charge >= 0.3 is 0 Å². The van der Waals surface area contributed by atoms with Crippen LogP contribution < -0.4 is 5.56 Å². The van der Waals surface area contributed by atoms with Gasteiger partial charge in [-0.05, 0) is 48.3 Å². The Balaban J connectivity index is 1.93. The summed E-state index contributed by atoms with van der Waals surface area (Å²) < 4.78 is 0.812. The molecule has 0 atom stereocenters. The average molecular weight is 358 g/mol. The van der Waals surface area contributed by atoms with Crippen molar-refractivity contribution in [2.75, 3.05) is 0 Å². The smallest absolute Gasteiger partial charge is 0.264 e. The Morgan fingerprint density at radius 1 is 1.00 bits per heavy atom. The van der Waals surface area contributed by atoms with Gasteiger partial charge in [0.25, 0.3) is 5.56 Å².